The van der Waals surface area contributed by atoms with Crippen LogP contribution < -0.4 is 40.2 Å². The van der Waals surface area contributed by atoms with Crippen molar-refractivity contribution in [2.75, 3.05) is 65.2 Å². The molecule has 26 nitrogen and oxygen atoms in total. The molecule has 30 heteroatoms. The lowest BCUT2D eigenvalue weighted by atomic mass is 9.85. The van der Waals surface area contributed by atoms with E-state index in [0.29, 0.717) is 128 Å². The number of carboxylic acid groups (broad SMARTS) is 2. The molecule has 106 heavy (non-hydrogen) atoms. The van der Waals surface area contributed by atoms with E-state index in [9.17, 15) is 48.6 Å². The molecule has 0 bridgehead atoms. The van der Waals surface area contributed by atoms with Crippen LogP contribution in [0.2, 0.25) is 10.0 Å². The van der Waals surface area contributed by atoms with Gasteiger partial charge in [-0.15, -0.1) is 30.1 Å². The number of ether oxygens (including phenoxy) is 8. The number of methoxy groups -OCH3 is 2. The first kappa shape index (κ1) is 79.8. The van der Waals surface area contributed by atoms with Crippen LogP contribution in [-0.2, 0) is 47.7 Å². The van der Waals surface area contributed by atoms with E-state index in [0.717, 1.165) is 37.2 Å². The van der Waals surface area contributed by atoms with Crippen LogP contribution in [-0.4, -0.2) is 203 Å². The van der Waals surface area contributed by atoms with Gasteiger partial charge < -0.3 is 79.2 Å². The number of nitrogens with one attached hydrogen (secondary N) is 4. The number of fused-ring (bicyclic) bond motifs is 4. The highest BCUT2D eigenvalue weighted by atomic mass is 35.5. The quantitative estimate of drug-likeness (QED) is 0.0160. The summed E-state index contributed by atoms with van der Waals surface area (Å²) in [4.78, 5) is 121. The number of rotatable bonds is 30. The number of pyridine rings is 2. The van der Waals surface area contributed by atoms with Crippen molar-refractivity contribution in [3.05, 3.63) is 59.1 Å². The van der Waals surface area contributed by atoms with Crippen LogP contribution >= 0.6 is 46.7 Å². The second-order valence-electron chi connectivity index (χ2n) is 31.3. The number of aliphatic carboxylic acids is 2. The molecule has 6 amide bonds. The first-order valence-corrected chi connectivity index (χ1v) is 39.5. The van der Waals surface area contributed by atoms with Gasteiger partial charge in [0.05, 0.1) is 37.3 Å². The molecule has 4 heterocycles. The molecule has 4 aromatic rings. The third kappa shape index (κ3) is 17.9. The van der Waals surface area contributed by atoms with Gasteiger partial charge >= 0.3 is 24.1 Å². The lowest BCUT2D eigenvalue weighted by molar-refractivity contribution is -0.146. The third-order valence-corrected chi connectivity index (χ3v) is 24.0. The summed E-state index contributed by atoms with van der Waals surface area (Å²) in [6.07, 6.45) is 5.34. The minimum atomic E-state index is -1.51. The number of likely N-dealkylation sites (tertiary alicyclic amines) is 2. The number of hydrogen-bond acceptors (Lipinski definition) is 20. The Labute approximate surface area is 636 Å². The summed E-state index contributed by atoms with van der Waals surface area (Å²) in [7, 11) is 3.17. The van der Waals surface area contributed by atoms with Crippen molar-refractivity contribution in [2.24, 2.45) is 46.3 Å². The van der Waals surface area contributed by atoms with Crippen LogP contribution in [0.5, 0.6) is 23.0 Å². The van der Waals surface area contributed by atoms with Crippen molar-refractivity contribution in [2.45, 2.75) is 203 Å². The van der Waals surface area contributed by atoms with Gasteiger partial charge in [0.2, 0.25) is 23.6 Å². The molecule has 6 aliphatic carbocycles. The van der Waals surface area contributed by atoms with Gasteiger partial charge in [-0.25, -0.2) is 29.1 Å². The van der Waals surface area contributed by atoms with Crippen LogP contribution in [0, 0.1) is 46.3 Å². The molecule has 8 aliphatic rings. The Balaban J connectivity index is 0.000000212. The van der Waals surface area contributed by atoms with Crippen molar-refractivity contribution in [1.82, 2.24) is 41.0 Å². The van der Waals surface area contributed by atoms with Gasteiger partial charge in [-0.1, -0.05) is 98.0 Å². The molecule has 2 saturated heterocycles. The number of halogens is 2. The summed E-state index contributed by atoms with van der Waals surface area (Å²) in [6.45, 7) is 21.9. The summed E-state index contributed by atoms with van der Waals surface area (Å²) < 4.78 is 46.6. The number of thioether (sulfide) groups is 2. The number of alkyl carbamates (subject to hydrolysis) is 2. The average molecular weight is 1550 g/mol. The van der Waals surface area contributed by atoms with Crippen molar-refractivity contribution < 1.29 is 86.5 Å². The number of nitrogens with zero attached hydrogens (tertiary/aromatic N) is 4. The van der Waals surface area contributed by atoms with Gasteiger partial charge in [0.15, 0.2) is 0 Å². The van der Waals surface area contributed by atoms with Crippen molar-refractivity contribution >= 4 is 116 Å². The maximum absolute atomic E-state index is 14.6. The molecule has 578 valence electrons. The largest absolute Gasteiger partial charge is 0.490 e. The lowest BCUT2D eigenvalue weighted by Gasteiger charge is -2.35. The SMILES string of the molecule is C=C[C@@H]1C[C@]1(NC(=O)[C@@H]1C[C@@H](Oc2cc(SCC)nc3c(Cl)c(OCCOC)ccc23)CN1C(=O)[C@@H](NC(=O)OC1C[C@@H]2C[C@@H]2C1)C(C)(C)C)C(=O)O.CCSc1cc(O[C@@H]2C[C@@H](C(=O)N[C@]3(C(=O)O)C[C@H]3CC)N(C(=O)[C@@H](NC(=O)OC3C[C@@H]4C[C@@H]4C3)C(C)(C)C)C2)c2ccc(OCCOC)c(Cl)c2n1. The zero-order valence-corrected chi connectivity index (χ0v) is 65.2. The molecule has 2 unspecified atom stereocenters. The van der Waals surface area contributed by atoms with Crippen LogP contribution in [0.3, 0.4) is 0 Å². The fourth-order valence-electron chi connectivity index (χ4n) is 15.5. The fourth-order valence-corrected chi connectivity index (χ4v) is 17.3. The van der Waals surface area contributed by atoms with E-state index < -0.39 is 112 Å². The van der Waals surface area contributed by atoms with E-state index in [2.05, 4.69) is 27.8 Å². The standard InChI is InChI=1S/C38H51ClN4O9S.C38H49ClN4O9S/c2*1-7-22-18-38(22,35(46)47)42-33(44)26-16-24(19-43(26)34(45)32(37(3,4)5)41-36(48)52-23-14-20-13-21(20)15-23)51-28-17-29(53-8-2)40-31-25(28)9-10-27(30(31)39)50-12-11-49-6/h9-10,17,20-24,26,32H,7-8,11-16,18-19H2,1-6H3,(H,41,48)(H,42,44)(H,46,47);7,9-10,17,20-24,26,32H,1,8,11-16,18-19H2,2-6H3,(H,41,48)(H,42,44)(H,46,47)/t2*20-,21+,22-,23?,24-,26+,32-,38-/m11/s1. The Kier molecular flexibility index (Phi) is 24.8. The monoisotopic (exact) mass is 1550 g/mol. The highest BCUT2D eigenvalue weighted by Gasteiger charge is 2.63. The lowest BCUT2D eigenvalue weighted by Crippen LogP contribution is -2.59. The Bertz CT molecular complexity index is 3990. The highest BCUT2D eigenvalue weighted by molar-refractivity contribution is 7.99. The van der Waals surface area contributed by atoms with E-state index >= 15 is 0 Å². The summed E-state index contributed by atoms with van der Waals surface area (Å²) in [5.41, 5.74) is -3.47. The summed E-state index contributed by atoms with van der Waals surface area (Å²) in [6, 6.07) is 6.44. The second kappa shape index (κ2) is 32.9. The number of hydrogen-bond donors (Lipinski definition) is 6. The smallest absolute Gasteiger partial charge is 0.408 e. The van der Waals surface area contributed by atoms with Gasteiger partial charge in [0, 0.05) is 55.9 Å². The maximum atomic E-state index is 14.6. The van der Waals surface area contributed by atoms with Gasteiger partial charge in [-0.2, -0.15) is 0 Å². The topological polar surface area (TPSA) is 331 Å². The minimum Gasteiger partial charge on any atom is -0.490 e. The van der Waals surface area contributed by atoms with Crippen molar-refractivity contribution in [1.29, 1.82) is 0 Å². The predicted octanol–water partition coefficient (Wildman–Crippen LogP) is 11.1. The molecule has 12 rings (SSSR count). The van der Waals surface area contributed by atoms with Crippen LogP contribution in [0.15, 0.2) is 59.1 Å². The van der Waals surface area contributed by atoms with Crippen molar-refractivity contribution in [3.8, 4) is 23.0 Å². The molecule has 6 N–H and O–H groups in total. The van der Waals surface area contributed by atoms with Gasteiger partial charge in [-0.3, -0.25) is 19.2 Å². The van der Waals surface area contributed by atoms with Gasteiger partial charge in [-0.05, 0) is 128 Å². The molecular weight excluding hydrogens is 1450 g/mol. The average Bonchev–Trinajstić information content (AvgIpc) is 1.58. The van der Waals surface area contributed by atoms with Gasteiger partial charge in [0.25, 0.3) is 0 Å². The molecule has 2 aromatic heterocycles. The van der Waals surface area contributed by atoms with E-state index in [1.165, 1.54) is 52.2 Å². The second-order valence-corrected chi connectivity index (χ2v) is 34.6. The number of carboxylic acids is 2. The van der Waals surface area contributed by atoms with E-state index in [-0.39, 0.29) is 50.5 Å². The Hall–Kier alpha value is -7.24. The van der Waals surface area contributed by atoms with E-state index in [4.69, 9.17) is 71.1 Å². The third-order valence-electron chi connectivity index (χ3n) is 21.7. The Morgan fingerprint density at radius 1 is 0.585 bits per heavy atom. The Morgan fingerprint density at radius 2 is 0.991 bits per heavy atom. The zero-order valence-electron chi connectivity index (χ0n) is 62.1. The van der Waals surface area contributed by atoms with E-state index in [1.54, 1.807) is 38.5 Å². The number of aromatic nitrogens is 2. The van der Waals surface area contributed by atoms with E-state index in [1.807, 2.05) is 74.4 Å². The number of carbonyl (C=O) groups is 8. The first-order valence-electron chi connectivity index (χ1n) is 36.7. The fraction of sp³-hybridized carbons (Fsp3) is 0.632. The molecule has 2 aromatic carbocycles. The minimum absolute atomic E-state index is 0.00943. The molecule has 16 atom stereocenters. The van der Waals surface area contributed by atoms with Gasteiger partial charge in [0.1, 0.15) is 116 Å². The maximum Gasteiger partial charge on any atom is 0.408 e. The molecule has 0 radical (unpaired) electrons. The Morgan fingerprint density at radius 3 is 1.33 bits per heavy atom. The van der Waals surface area contributed by atoms with Crippen LogP contribution in [0.1, 0.15) is 133 Å². The zero-order chi connectivity index (χ0) is 76.5. The molecule has 2 aliphatic heterocycles. The molecule has 0 spiro atoms. The summed E-state index contributed by atoms with van der Waals surface area (Å²) in [5.74, 6) is 0.596. The first-order chi connectivity index (χ1) is 50.4. The molecule has 6 saturated carbocycles. The number of benzene rings is 2. The van der Waals surface area contributed by atoms with Crippen LogP contribution in [0.25, 0.3) is 21.8 Å². The normalized spacial score (nSPS) is 27.8. The van der Waals surface area contributed by atoms with Crippen LogP contribution in [0.4, 0.5) is 9.59 Å². The number of carbonyl (C=O) groups excluding carboxylic acids is 6. The summed E-state index contributed by atoms with van der Waals surface area (Å²) in [5, 5.41) is 34.5. The summed E-state index contributed by atoms with van der Waals surface area (Å²) >= 11 is 16.6. The molecular formula is C76H100Cl2N8O18S2. The van der Waals surface area contributed by atoms with Crippen molar-refractivity contribution in [3.63, 3.8) is 0 Å². The molecule has 8 fully saturated rings. The number of amides is 6. The predicted molar refractivity (Wildman–Crippen MR) is 399 cm³/mol. The highest BCUT2D eigenvalue weighted by Crippen LogP contribution is 2.54.